The third kappa shape index (κ3) is 4.89. The molecule has 1 atom stereocenters. The first-order valence-electron chi connectivity index (χ1n) is 12.5. The number of carbonyl (C=O) groups is 2. The molecular formula is C27H37FN4O2. The van der Waals surface area contributed by atoms with Crippen LogP contribution in [0.15, 0.2) is 30.3 Å². The van der Waals surface area contributed by atoms with Gasteiger partial charge in [-0.1, -0.05) is 71.1 Å². The Balaban J connectivity index is 1.69. The summed E-state index contributed by atoms with van der Waals surface area (Å²) in [7, 11) is 0. The number of amides is 2. The van der Waals surface area contributed by atoms with E-state index in [1.54, 1.807) is 29.8 Å². The molecule has 1 aliphatic heterocycles. The molecule has 4 rings (SSSR count). The quantitative estimate of drug-likeness (QED) is 0.689. The molecule has 1 saturated carbocycles. The van der Waals surface area contributed by atoms with E-state index in [0.717, 1.165) is 31.4 Å². The second-order valence-corrected chi connectivity index (χ2v) is 11.1. The van der Waals surface area contributed by atoms with Gasteiger partial charge in [0.15, 0.2) is 0 Å². The van der Waals surface area contributed by atoms with E-state index in [9.17, 15) is 14.0 Å². The highest BCUT2D eigenvalue weighted by atomic mass is 19.1. The summed E-state index contributed by atoms with van der Waals surface area (Å²) in [5, 5.41) is 7.95. The molecule has 0 saturated heterocycles. The molecular weight excluding hydrogens is 431 g/mol. The van der Waals surface area contributed by atoms with Crippen LogP contribution in [0.25, 0.3) is 0 Å². The second-order valence-electron chi connectivity index (χ2n) is 11.1. The number of benzene rings is 1. The average Bonchev–Trinajstić information content (AvgIpc) is 3.18. The zero-order valence-corrected chi connectivity index (χ0v) is 20.9. The number of hydrogen-bond acceptors (Lipinski definition) is 3. The smallest absolute Gasteiger partial charge is 0.273 e. The molecule has 1 aromatic heterocycles. The van der Waals surface area contributed by atoms with E-state index in [0.29, 0.717) is 11.3 Å². The summed E-state index contributed by atoms with van der Waals surface area (Å²) in [6.45, 7) is 8.18. The number of rotatable bonds is 4. The minimum absolute atomic E-state index is 0.0239. The Morgan fingerprint density at radius 1 is 1.15 bits per heavy atom. The van der Waals surface area contributed by atoms with Crippen LogP contribution in [0.5, 0.6) is 0 Å². The molecule has 2 amide bonds. The predicted molar refractivity (Wildman–Crippen MR) is 130 cm³/mol. The molecule has 1 N–H and O–H groups in total. The van der Waals surface area contributed by atoms with Crippen LogP contribution in [0.4, 0.5) is 4.39 Å². The first-order chi connectivity index (χ1) is 16.1. The first-order valence-corrected chi connectivity index (χ1v) is 12.5. The lowest BCUT2D eigenvalue weighted by Gasteiger charge is -2.44. The fraction of sp³-hybridized carbons (Fsp3) is 0.593. The average molecular weight is 469 g/mol. The fourth-order valence-corrected chi connectivity index (χ4v) is 4.99. The second kappa shape index (κ2) is 9.51. The molecule has 0 unspecified atom stereocenters. The van der Waals surface area contributed by atoms with Gasteiger partial charge in [-0.05, 0) is 31.9 Å². The summed E-state index contributed by atoms with van der Waals surface area (Å²) >= 11 is 0. The molecule has 2 aliphatic rings. The number of halogens is 1. The SMILES string of the molecule is CC(C)(C)c1cc2n(n1)C[C@](C)(C(=O)NC1CCCCCCC1)N(Cc1ccccc1F)C2=O. The van der Waals surface area contributed by atoms with Crippen molar-refractivity contribution < 1.29 is 14.0 Å². The van der Waals surface area contributed by atoms with Crippen molar-refractivity contribution in [3.05, 3.63) is 53.1 Å². The first kappa shape index (κ1) is 24.4. The number of nitrogens with one attached hydrogen (secondary N) is 1. The summed E-state index contributed by atoms with van der Waals surface area (Å²) in [4.78, 5) is 29.1. The van der Waals surface area contributed by atoms with Crippen LogP contribution >= 0.6 is 0 Å². The highest BCUT2D eigenvalue weighted by molar-refractivity contribution is 5.99. The Morgan fingerprint density at radius 2 is 1.79 bits per heavy atom. The van der Waals surface area contributed by atoms with Gasteiger partial charge in [-0.25, -0.2) is 4.39 Å². The Bertz CT molecular complexity index is 1050. The molecule has 0 radical (unpaired) electrons. The summed E-state index contributed by atoms with van der Waals surface area (Å²) in [6, 6.07) is 8.34. The Kier molecular flexibility index (Phi) is 6.83. The van der Waals surface area contributed by atoms with Crippen LogP contribution in [0.2, 0.25) is 0 Å². The zero-order chi connectivity index (χ0) is 24.5. The topological polar surface area (TPSA) is 67.2 Å². The normalized spacial score (nSPS) is 22.1. The van der Waals surface area contributed by atoms with Gasteiger partial charge in [0.1, 0.15) is 17.1 Å². The van der Waals surface area contributed by atoms with Gasteiger partial charge in [-0.15, -0.1) is 0 Å². The van der Waals surface area contributed by atoms with Gasteiger partial charge in [0.05, 0.1) is 18.8 Å². The van der Waals surface area contributed by atoms with Crippen molar-refractivity contribution in [2.24, 2.45) is 0 Å². The van der Waals surface area contributed by atoms with Crippen molar-refractivity contribution in [2.45, 2.75) is 103 Å². The lowest BCUT2D eigenvalue weighted by atomic mass is 9.91. The lowest BCUT2D eigenvalue weighted by molar-refractivity contribution is -0.134. The monoisotopic (exact) mass is 468 g/mol. The van der Waals surface area contributed by atoms with Gasteiger partial charge < -0.3 is 10.2 Å². The van der Waals surface area contributed by atoms with E-state index in [1.165, 1.54) is 30.2 Å². The predicted octanol–water partition coefficient (Wildman–Crippen LogP) is 4.96. The number of carbonyl (C=O) groups excluding carboxylic acids is 2. The van der Waals surface area contributed by atoms with E-state index in [4.69, 9.17) is 5.10 Å². The number of fused-ring (bicyclic) bond motifs is 1. The molecule has 7 heteroatoms. The third-order valence-corrected chi connectivity index (χ3v) is 7.28. The molecule has 6 nitrogen and oxygen atoms in total. The maximum absolute atomic E-state index is 14.6. The Labute approximate surface area is 201 Å². The molecule has 2 heterocycles. The van der Waals surface area contributed by atoms with Crippen molar-refractivity contribution in [1.82, 2.24) is 20.0 Å². The number of nitrogens with zero attached hydrogens (tertiary/aromatic N) is 3. The molecule has 0 spiro atoms. The van der Waals surface area contributed by atoms with E-state index in [-0.39, 0.29) is 42.2 Å². The highest BCUT2D eigenvalue weighted by Crippen LogP contribution is 2.32. The van der Waals surface area contributed by atoms with Crippen molar-refractivity contribution in [3.63, 3.8) is 0 Å². The summed E-state index contributed by atoms with van der Waals surface area (Å²) < 4.78 is 16.2. The third-order valence-electron chi connectivity index (χ3n) is 7.28. The fourth-order valence-electron chi connectivity index (χ4n) is 4.99. The summed E-state index contributed by atoms with van der Waals surface area (Å²) in [5.74, 6) is -0.874. The van der Waals surface area contributed by atoms with Crippen LogP contribution < -0.4 is 5.32 Å². The van der Waals surface area contributed by atoms with Crippen LogP contribution in [0.1, 0.15) is 94.4 Å². The maximum Gasteiger partial charge on any atom is 0.273 e. The standard InChI is InChI=1S/C27H37FN4O2/c1-26(2,3)23-16-22-24(33)31(17-19-12-10-11-15-21(19)28)27(4,18-32(22)30-23)25(34)29-20-13-8-6-5-7-9-14-20/h10-12,15-16,20H,5-9,13-14,17-18H2,1-4H3,(H,29,34)/t27-/m1/s1. The molecule has 34 heavy (non-hydrogen) atoms. The van der Waals surface area contributed by atoms with Crippen LogP contribution in [0, 0.1) is 5.82 Å². The highest BCUT2D eigenvalue weighted by Gasteiger charge is 2.48. The van der Waals surface area contributed by atoms with Gasteiger partial charge in [-0.3, -0.25) is 14.3 Å². The minimum Gasteiger partial charge on any atom is -0.351 e. The van der Waals surface area contributed by atoms with Gasteiger partial charge in [0, 0.05) is 17.0 Å². The molecule has 1 aromatic carbocycles. The van der Waals surface area contributed by atoms with Crippen LogP contribution in [0.3, 0.4) is 0 Å². The van der Waals surface area contributed by atoms with Gasteiger partial charge >= 0.3 is 0 Å². The Hall–Kier alpha value is -2.70. The van der Waals surface area contributed by atoms with Gasteiger partial charge in [0.2, 0.25) is 5.91 Å². The van der Waals surface area contributed by atoms with Crippen molar-refractivity contribution in [2.75, 3.05) is 0 Å². The minimum atomic E-state index is -1.18. The van der Waals surface area contributed by atoms with Crippen LogP contribution in [-0.2, 0) is 23.3 Å². The maximum atomic E-state index is 14.6. The molecule has 2 aromatic rings. The molecule has 1 fully saturated rings. The molecule has 184 valence electrons. The summed E-state index contributed by atoms with van der Waals surface area (Å²) in [5.41, 5.74) is 0.211. The van der Waals surface area contributed by atoms with Crippen LogP contribution in [-0.4, -0.2) is 38.1 Å². The van der Waals surface area contributed by atoms with E-state index in [1.807, 2.05) is 26.8 Å². The van der Waals surface area contributed by atoms with Crippen molar-refractivity contribution >= 4 is 11.8 Å². The van der Waals surface area contributed by atoms with Gasteiger partial charge in [0.25, 0.3) is 5.91 Å². The van der Waals surface area contributed by atoms with E-state index >= 15 is 0 Å². The molecule has 0 bridgehead atoms. The van der Waals surface area contributed by atoms with Crippen molar-refractivity contribution in [1.29, 1.82) is 0 Å². The van der Waals surface area contributed by atoms with E-state index < -0.39 is 5.54 Å². The zero-order valence-electron chi connectivity index (χ0n) is 20.9. The number of hydrogen-bond donors (Lipinski definition) is 1. The number of aromatic nitrogens is 2. The van der Waals surface area contributed by atoms with Crippen molar-refractivity contribution in [3.8, 4) is 0 Å². The van der Waals surface area contributed by atoms with Gasteiger partial charge in [-0.2, -0.15) is 5.10 Å². The Morgan fingerprint density at radius 3 is 2.44 bits per heavy atom. The van der Waals surface area contributed by atoms with E-state index in [2.05, 4.69) is 5.32 Å². The molecule has 1 aliphatic carbocycles. The lowest BCUT2D eigenvalue weighted by Crippen LogP contribution is -2.64. The largest absolute Gasteiger partial charge is 0.351 e. The summed E-state index contributed by atoms with van der Waals surface area (Å²) in [6.07, 6.45) is 7.72.